The normalized spacial score (nSPS) is 10.1. The van der Waals surface area contributed by atoms with Crippen LogP contribution in [-0.4, -0.2) is 15.9 Å². The van der Waals surface area contributed by atoms with Crippen LogP contribution in [0.5, 0.6) is 0 Å². The maximum absolute atomic E-state index is 12.6. The van der Waals surface area contributed by atoms with E-state index in [9.17, 15) is 4.79 Å². The first kappa shape index (κ1) is 18.1. The highest BCUT2D eigenvalue weighted by atomic mass is 16.1. The van der Waals surface area contributed by atoms with Crippen molar-refractivity contribution in [1.29, 1.82) is 5.26 Å². The number of carbonyl (C=O) groups is 1. The summed E-state index contributed by atoms with van der Waals surface area (Å²) < 4.78 is 0. The van der Waals surface area contributed by atoms with Crippen molar-refractivity contribution in [3.63, 3.8) is 0 Å². The topological polar surface area (TPSA) is 90.7 Å². The molecule has 134 valence electrons. The largest absolute Gasteiger partial charge is 0.366 e. The van der Waals surface area contributed by atoms with Crippen LogP contribution in [0.2, 0.25) is 0 Å². The number of carbonyl (C=O) groups excluding carboxylic acids is 1. The van der Waals surface area contributed by atoms with Gasteiger partial charge in [0.15, 0.2) is 0 Å². The molecule has 1 aromatic heterocycles. The minimum atomic E-state index is -0.387. The van der Waals surface area contributed by atoms with Gasteiger partial charge in [-0.2, -0.15) is 5.26 Å². The van der Waals surface area contributed by atoms with Crippen LogP contribution in [0.1, 0.15) is 33.0 Å². The molecule has 0 aliphatic carbocycles. The second kappa shape index (κ2) is 8.11. The summed E-state index contributed by atoms with van der Waals surface area (Å²) in [6.07, 6.45) is 0. The second-order valence-corrected chi connectivity index (χ2v) is 6.08. The molecule has 0 saturated carbocycles. The number of amides is 1. The van der Waals surface area contributed by atoms with E-state index in [1.54, 1.807) is 37.3 Å². The van der Waals surface area contributed by atoms with Crippen molar-refractivity contribution in [3.05, 3.63) is 82.8 Å². The zero-order valence-electron chi connectivity index (χ0n) is 15.2. The molecule has 27 heavy (non-hydrogen) atoms. The number of nitrogens with zero attached hydrogens (tertiary/aromatic N) is 3. The minimum absolute atomic E-state index is 0.238. The molecule has 0 fully saturated rings. The summed E-state index contributed by atoms with van der Waals surface area (Å²) >= 11 is 0. The van der Waals surface area contributed by atoms with E-state index in [1.165, 1.54) is 5.56 Å². The van der Waals surface area contributed by atoms with Gasteiger partial charge in [0.05, 0.1) is 11.3 Å². The number of hydrogen-bond donors (Lipinski definition) is 2. The van der Waals surface area contributed by atoms with Crippen molar-refractivity contribution in [1.82, 2.24) is 9.97 Å². The highest BCUT2D eigenvalue weighted by Crippen LogP contribution is 2.16. The van der Waals surface area contributed by atoms with Crippen molar-refractivity contribution >= 4 is 17.4 Å². The summed E-state index contributed by atoms with van der Waals surface area (Å²) in [7, 11) is 0. The van der Waals surface area contributed by atoms with Crippen molar-refractivity contribution in [2.24, 2.45) is 0 Å². The number of aromatic nitrogens is 2. The molecule has 2 N–H and O–H groups in total. The SMILES string of the molecule is Cc1nc(NCc2ccccc2C)cc(C(=O)Nc2ccccc2C#N)n1. The number of aryl methyl sites for hydroxylation is 2. The number of benzene rings is 2. The van der Waals surface area contributed by atoms with E-state index >= 15 is 0 Å². The third kappa shape index (κ3) is 4.47. The summed E-state index contributed by atoms with van der Waals surface area (Å²) in [4.78, 5) is 21.1. The minimum Gasteiger partial charge on any atom is -0.366 e. The van der Waals surface area contributed by atoms with E-state index < -0.39 is 0 Å². The van der Waals surface area contributed by atoms with Crippen molar-refractivity contribution < 1.29 is 4.79 Å². The first-order valence-corrected chi connectivity index (χ1v) is 8.51. The Kier molecular flexibility index (Phi) is 5.43. The molecule has 1 heterocycles. The first-order chi connectivity index (χ1) is 13.1. The van der Waals surface area contributed by atoms with Gasteiger partial charge in [0, 0.05) is 12.6 Å². The summed E-state index contributed by atoms with van der Waals surface area (Å²) in [6, 6.07) is 18.6. The Morgan fingerprint density at radius 2 is 1.81 bits per heavy atom. The number of nitriles is 1. The Morgan fingerprint density at radius 1 is 1.07 bits per heavy atom. The van der Waals surface area contributed by atoms with Crippen LogP contribution < -0.4 is 10.6 Å². The van der Waals surface area contributed by atoms with Gasteiger partial charge in [-0.25, -0.2) is 9.97 Å². The van der Waals surface area contributed by atoms with Crippen LogP contribution in [0, 0.1) is 25.2 Å². The fourth-order valence-corrected chi connectivity index (χ4v) is 2.64. The molecular weight excluding hydrogens is 338 g/mol. The molecule has 0 radical (unpaired) electrons. The molecule has 0 unspecified atom stereocenters. The van der Waals surface area contributed by atoms with Gasteiger partial charge in [-0.05, 0) is 37.1 Å². The standard InChI is InChI=1S/C21H19N5O/c1-14-7-3-4-9-17(14)13-23-20-11-19(24-15(2)25-20)21(27)26-18-10-6-5-8-16(18)12-22/h3-11H,13H2,1-2H3,(H,26,27)(H,23,24,25). The zero-order valence-corrected chi connectivity index (χ0v) is 15.2. The van der Waals surface area contributed by atoms with Gasteiger partial charge in [-0.3, -0.25) is 4.79 Å². The van der Waals surface area contributed by atoms with Crippen LogP contribution in [0.3, 0.4) is 0 Å². The molecule has 0 spiro atoms. The van der Waals surface area contributed by atoms with E-state index in [0.717, 1.165) is 5.56 Å². The van der Waals surface area contributed by atoms with Gasteiger partial charge in [0.1, 0.15) is 23.4 Å². The maximum Gasteiger partial charge on any atom is 0.274 e. The molecule has 0 atom stereocenters. The lowest BCUT2D eigenvalue weighted by molar-refractivity contribution is 0.102. The smallest absolute Gasteiger partial charge is 0.274 e. The molecule has 0 aliphatic heterocycles. The van der Waals surface area contributed by atoms with E-state index in [1.807, 2.05) is 31.2 Å². The van der Waals surface area contributed by atoms with Crippen LogP contribution in [0.25, 0.3) is 0 Å². The van der Waals surface area contributed by atoms with Crippen LogP contribution in [0.4, 0.5) is 11.5 Å². The highest BCUT2D eigenvalue weighted by molar-refractivity contribution is 6.03. The molecule has 0 bridgehead atoms. The lowest BCUT2D eigenvalue weighted by Crippen LogP contribution is -2.16. The summed E-state index contributed by atoms with van der Waals surface area (Å²) in [5.74, 6) is 0.676. The molecule has 0 aliphatic rings. The van der Waals surface area contributed by atoms with Gasteiger partial charge < -0.3 is 10.6 Å². The van der Waals surface area contributed by atoms with E-state index in [4.69, 9.17) is 5.26 Å². The van der Waals surface area contributed by atoms with Gasteiger partial charge in [0.25, 0.3) is 5.91 Å². The Bertz CT molecular complexity index is 1020. The maximum atomic E-state index is 12.6. The average molecular weight is 357 g/mol. The van der Waals surface area contributed by atoms with Crippen LogP contribution in [-0.2, 0) is 6.54 Å². The van der Waals surface area contributed by atoms with Crippen molar-refractivity contribution in [2.45, 2.75) is 20.4 Å². The van der Waals surface area contributed by atoms with E-state index in [2.05, 4.69) is 26.7 Å². The molecule has 1 amide bonds. The van der Waals surface area contributed by atoms with E-state index in [-0.39, 0.29) is 11.6 Å². The second-order valence-electron chi connectivity index (χ2n) is 6.08. The van der Waals surface area contributed by atoms with Crippen LogP contribution in [0.15, 0.2) is 54.6 Å². The molecule has 6 nitrogen and oxygen atoms in total. The average Bonchev–Trinajstić information content (AvgIpc) is 2.67. The number of nitrogens with one attached hydrogen (secondary N) is 2. The molecule has 0 saturated heterocycles. The Balaban J connectivity index is 1.77. The number of hydrogen-bond acceptors (Lipinski definition) is 5. The first-order valence-electron chi connectivity index (χ1n) is 8.51. The third-order valence-electron chi connectivity index (χ3n) is 4.09. The Hall–Kier alpha value is -3.72. The summed E-state index contributed by atoms with van der Waals surface area (Å²) in [6.45, 7) is 4.38. The third-order valence-corrected chi connectivity index (χ3v) is 4.09. The molecule has 6 heteroatoms. The number of anilines is 2. The molecule has 3 aromatic rings. The quantitative estimate of drug-likeness (QED) is 0.724. The molecule has 2 aromatic carbocycles. The lowest BCUT2D eigenvalue weighted by Gasteiger charge is -2.11. The summed E-state index contributed by atoms with van der Waals surface area (Å²) in [5, 5.41) is 15.1. The van der Waals surface area contributed by atoms with Gasteiger partial charge >= 0.3 is 0 Å². The highest BCUT2D eigenvalue weighted by Gasteiger charge is 2.13. The van der Waals surface area contributed by atoms with Gasteiger partial charge in [-0.15, -0.1) is 0 Å². The van der Waals surface area contributed by atoms with Crippen molar-refractivity contribution in [3.8, 4) is 6.07 Å². The Labute approximate surface area is 157 Å². The monoisotopic (exact) mass is 357 g/mol. The predicted octanol–water partition coefficient (Wildman–Crippen LogP) is 3.83. The fourth-order valence-electron chi connectivity index (χ4n) is 2.64. The van der Waals surface area contributed by atoms with Crippen molar-refractivity contribution in [2.75, 3.05) is 10.6 Å². The number of para-hydroxylation sites is 1. The van der Waals surface area contributed by atoms with E-state index in [0.29, 0.717) is 29.4 Å². The summed E-state index contributed by atoms with van der Waals surface area (Å²) in [5.41, 5.74) is 3.43. The van der Waals surface area contributed by atoms with Gasteiger partial charge in [0.2, 0.25) is 0 Å². The lowest BCUT2D eigenvalue weighted by atomic mass is 10.1. The fraction of sp³-hybridized carbons (Fsp3) is 0.143. The van der Waals surface area contributed by atoms with Gasteiger partial charge in [-0.1, -0.05) is 36.4 Å². The number of rotatable bonds is 5. The zero-order chi connectivity index (χ0) is 19.2. The molecular formula is C21H19N5O. The van der Waals surface area contributed by atoms with Crippen LogP contribution >= 0.6 is 0 Å². The Morgan fingerprint density at radius 3 is 2.59 bits per heavy atom. The molecule has 3 rings (SSSR count). The predicted molar refractivity (Wildman–Crippen MR) is 104 cm³/mol.